The van der Waals surface area contributed by atoms with Crippen molar-refractivity contribution in [1.29, 1.82) is 0 Å². The minimum Gasteiger partial charge on any atom is -0.387 e. The highest BCUT2D eigenvalue weighted by Crippen LogP contribution is 2.30. The molecule has 2 aromatic rings. The quantitative estimate of drug-likeness (QED) is 0.806. The first-order valence-corrected chi connectivity index (χ1v) is 6.65. The molecule has 0 unspecified atom stereocenters. The number of urea groups is 1. The number of aliphatic hydroxyl groups is 1. The van der Waals surface area contributed by atoms with E-state index in [2.05, 4.69) is 15.7 Å². The van der Waals surface area contributed by atoms with E-state index in [1.807, 2.05) is 0 Å². The molecule has 1 aromatic heterocycles. The summed E-state index contributed by atoms with van der Waals surface area (Å²) in [5.41, 5.74) is -0.787. The lowest BCUT2D eigenvalue weighted by Gasteiger charge is -2.14. The maximum Gasteiger partial charge on any atom is 0.416 e. The summed E-state index contributed by atoms with van der Waals surface area (Å²) in [5, 5.41) is 18.6. The van der Waals surface area contributed by atoms with E-state index in [1.54, 1.807) is 19.3 Å². The van der Waals surface area contributed by atoms with Gasteiger partial charge in [-0.1, -0.05) is 12.1 Å². The number of aromatic nitrogens is 2. The van der Waals surface area contributed by atoms with Crippen LogP contribution in [0.4, 0.5) is 23.8 Å². The smallest absolute Gasteiger partial charge is 0.387 e. The first-order chi connectivity index (χ1) is 10.8. The zero-order valence-corrected chi connectivity index (χ0v) is 12.1. The Morgan fingerprint density at radius 3 is 2.74 bits per heavy atom. The van der Waals surface area contributed by atoms with Crippen molar-refractivity contribution in [3.05, 3.63) is 47.7 Å². The van der Waals surface area contributed by atoms with Crippen LogP contribution in [0.1, 0.15) is 17.2 Å². The Morgan fingerprint density at radius 1 is 1.39 bits per heavy atom. The van der Waals surface area contributed by atoms with Crippen LogP contribution >= 0.6 is 0 Å². The van der Waals surface area contributed by atoms with E-state index in [-0.39, 0.29) is 12.1 Å². The second-order valence-electron chi connectivity index (χ2n) is 4.85. The number of nitrogens with zero attached hydrogens (tertiary/aromatic N) is 2. The lowest BCUT2D eigenvalue weighted by Crippen LogP contribution is -2.32. The van der Waals surface area contributed by atoms with Crippen LogP contribution in [0.3, 0.4) is 0 Å². The van der Waals surface area contributed by atoms with Crippen LogP contribution in [-0.2, 0) is 13.2 Å². The fourth-order valence-electron chi connectivity index (χ4n) is 1.87. The van der Waals surface area contributed by atoms with Gasteiger partial charge in [0.2, 0.25) is 0 Å². The van der Waals surface area contributed by atoms with Crippen molar-refractivity contribution in [2.75, 3.05) is 11.9 Å². The molecule has 6 nitrogen and oxygen atoms in total. The number of amides is 2. The van der Waals surface area contributed by atoms with E-state index in [4.69, 9.17) is 0 Å². The molecule has 1 heterocycles. The van der Waals surface area contributed by atoms with Crippen LogP contribution in [0, 0.1) is 0 Å². The highest BCUT2D eigenvalue weighted by molar-refractivity contribution is 5.88. The van der Waals surface area contributed by atoms with Gasteiger partial charge in [0.15, 0.2) is 5.82 Å². The minimum absolute atomic E-state index is 0.0676. The fraction of sp³-hybridized carbons (Fsp3) is 0.286. The number of aliphatic hydroxyl groups excluding tert-OH is 1. The van der Waals surface area contributed by atoms with Crippen molar-refractivity contribution >= 4 is 11.8 Å². The van der Waals surface area contributed by atoms with Crippen LogP contribution in [-0.4, -0.2) is 27.5 Å². The van der Waals surface area contributed by atoms with Crippen molar-refractivity contribution in [2.24, 2.45) is 7.05 Å². The van der Waals surface area contributed by atoms with Gasteiger partial charge in [-0.05, 0) is 17.7 Å². The monoisotopic (exact) mass is 328 g/mol. The number of carbonyl (C=O) groups excluding carboxylic acids is 1. The van der Waals surface area contributed by atoms with E-state index in [0.29, 0.717) is 5.82 Å². The number of carbonyl (C=O) groups is 1. The maximum atomic E-state index is 12.6. The lowest BCUT2D eigenvalue weighted by molar-refractivity contribution is -0.137. The molecule has 3 N–H and O–H groups in total. The molecular weight excluding hydrogens is 313 g/mol. The van der Waals surface area contributed by atoms with Gasteiger partial charge in [-0.15, -0.1) is 0 Å². The largest absolute Gasteiger partial charge is 0.416 e. The van der Waals surface area contributed by atoms with Gasteiger partial charge in [0, 0.05) is 25.9 Å². The van der Waals surface area contributed by atoms with Crippen molar-refractivity contribution in [3.8, 4) is 0 Å². The van der Waals surface area contributed by atoms with Gasteiger partial charge in [-0.25, -0.2) is 4.79 Å². The molecule has 2 amide bonds. The Balaban J connectivity index is 1.91. The van der Waals surface area contributed by atoms with Gasteiger partial charge in [-0.2, -0.15) is 18.3 Å². The van der Waals surface area contributed by atoms with Gasteiger partial charge in [0.1, 0.15) is 0 Å². The molecule has 0 spiro atoms. The number of anilines is 1. The molecule has 0 aliphatic carbocycles. The van der Waals surface area contributed by atoms with E-state index < -0.39 is 23.9 Å². The molecule has 0 saturated carbocycles. The predicted molar refractivity (Wildman–Crippen MR) is 76.6 cm³/mol. The number of halogens is 3. The highest BCUT2D eigenvalue weighted by Gasteiger charge is 2.30. The molecule has 0 fully saturated rings. The summed E-state index contributed by atoms with van der Waals surface area (Å²) in [6, 6.07) is 5.28. The topological polar surface area (TPSA) is 79.2 Å². The Bertz CT molecular complexity index is 685. The van der Waals surface area contributed by atoms with Gasteiger partial charge < -0.3 is 10.4 Å². The lowest BCUT2D eigenvalue weighted by atomic mass is 10.1. The number of alkyl halides is 3. The summed E-state index contributed by atoms with van der Waals surface area (Å²) in [6.45, 7) is -0.236. The first-order valence-electron chi connectivity index (χ1n) is 6.65. The molecule has 23 heavy (non-hydrogen) atoms. The zero-order valence-electron chi connectivity index (χ0n) is 12.1. The molecule has 2 rings (SSSR count). The van der Waals surface area contributed by atoms with Crippen molar-refractivity contribution in [1.82, 2.24) is 15.1 Å². The summed E-state index contributed by atoms with van der Waals surface area (Å²) in [4.78, 5) is 11.6. The number of hydrogen-bond acceptors (Lipinski definition) is 3. The van der Waals surface area contributed by atoms with Crippen LogP contribution in [0.5, 0.6) is 0 Å². The van der Waals surface area contributed by atoms with E-state index in [9.17, 15) is 23.1 Å². The second kappa shape index (κ2) is 6.69. The Labute approximate surface area is 129 Å². The number of nitrogens with one attached hydrogen (secondary N) is 2. The van der Waals surface area contributed by atoms with Crippen molar-refractivity contribution < 1.29 is 23.1 Å². The number of rotatable bonds is 4. The summed E-state index contributed by atoms with van der Waals surface area (Å²) >= 11 is 0. The van der Waals surface area contributed by atoms with Crippen LogP contribution < -0.4 is 10.6 Å². The molecule has 0 saturated heterocycles. The van der Waals surface area contributed by atoms with Gasteiger partial charge in [-0.3, -0.25) is 10.00 Å². The third-order valence-corrected chi connectivity index (χ3v) is 3.01. The molecule has 9 heteroatoms. The van der Waals surface area contributed by atoms with Crippen LogP contribution in [0.25, 0.3) is 0 Å². The second-order valence-corrected chi connectivity index (χ2v) is 4.85. The van der Waals surface area contributed by atoms with E-state index in [0.717, 1.165) is 12.1 Å². The van der Waals surface area contributed by atoms with Gasteiger partial charge in [0.05, 0.1) is 11.7 Å². The van der Waals surface area contributed by atoms with Crippen molar-refractivity contribution in [3.63, 3.8) is 0 Å². The third-order valence-electron chi connectivity index (χ3n) is 3.01. The minimum atomic E-state index is -4.49. The standard InChI is InChI=1S/C14H15F3N4O2/c1-21-6-5-12(20-21)19-13(23)18-8-11(22)9-3-2-4-10(7-9)14(15,16)17/h2-7,11,22H,8H2,1H3,(H2,18,19,20,23)/t11-/m0/s1. The number of aryl methyl sites for hydroxylation is 1. The fourth-order valence-corrected chi connectivity index (χ4v) is 1.87. The first kappa shape index (κ1) is 16.8. The van der Waals surface area contributed by atoms with Crippen molar-refractivity contribution in [2.45, 2.75) is 12.3 Å². The third kappa shape index (κ3) is 4.71. The molecule has 0 radical (unpaired) electrons. The molecule has 0 bridgehead atoms. The SMILES string of the molecule is Cn1ccc(NC(=O)NC[C@H](O)c2cccc(C(F)(F)F)c2)n1. The summed E-state index contributed by atoms with van der Waals surface area (Å²) in [6.07, 6.45) is -4.11. The van der Waals surface area contributed by atoms with Crippen LogP contribution in [0.15, 0.2) is 36.5 Å². The Morgan fingerprint density at radius 2 is 2.13 bits per heavy atom. The van der Waals surface area contributed by atoms with E-state index in [1.165, 1.54) is 16.8 Å². The highest BCUT2D eigenvalue weighted by atomic mass is 19.4. The number of benzene rings is 1. The predicted octanol–water partition coefficient (Wildman–Crippen LogP) is 2.29. The summed E-state index contributed by atoms with van der Waals surface area (Å²) in [7, 11) is 1.68. The Kier molecular flexibility index (Phi) is 4.89. The summed E-state index contributed by atoms with van der Waals surface area (Å²) in [5.74, 6) is 0.318. The number of hydrogen-bond donors (Lipinski definition) is 3. The van der Waals surface area contributed by atoms with Gasteiger partial charge >= 0.3 is 12.2 Å². The Hall–Kier alpha value is -2.55. The average molecular weight is 328 g/mol. The normalized spacial score (nSPS) is 12.7. The summed E-state index contributed by atoms with van der Waals surface area (Å²) < 4.78 is 39.4. The van der Waals surface area contributed by atoms with E-state index >= 15 is 0 Å². The molecule has 0 aliphatic heterocycles. The molecule has 0 aliphatic rings. The zero-order chi connectivity index (χ0) is 17.0. The maximum absolute atomic E-state index is 12.6. The van der Waals surface area contributed by atoms with Crippen LogP contribution in [0.2, 0.25) is 0 Å². The molecular formula is C14H15F3N4O2. The molecule has 1 atom stereocenters. The molecule has 124 valence electrons. The van der Waals surface area contributed by atoms with Gasteiger partial charge in [0.25, 0.3) is 0 Å². The molecule has 1 aromatic carbocycles. The average Bonchev–Trinajstić information content (AvgIpc) is 2.89.